The van der Waals surface area contributed by atoms with Crippen LogP contribution in [0.25, 0.3) is 0 Å². The van der Waals surface area contributed by atoms with Gasteiger partial charge >= 0.3 is 11.8 Å². The number of aromatic nitrogens is 2. The molecule has 1 aromatic rings. The lowest BCUT2D eigenvalue weighted by Gasteiger charge is -2.04. The minimum absolute atomic E-state index is 0.256. The monoisotopic (exact) mass is 199 g/mol. The zero-order chi connectivity index (χ0) is 10.7. The molecular formula is C7H9N3O4. The number of aromatic amines is 1. The van der Waals surface area contributed by atoms with E-state index in [4.69, 9.17) is 4.74 Å². The van der Waals surface area contributed by atoms with Gasteiger partial charge in [0.2, 0.25) is 0 Å². The maximum Gasteiger partial charge on any atom is 0.381 e. The summed E-state index contributed by atoms with van der Waals surface area (Å²) in [6, 6.07) is 0. The van der Waals surface area contributed by atoms with Gasteiger partial charge in [0, 0.05) is 6.92 Å². The molecule has 0 fully saturated rings. The van der Waals surface area contributed by atoms with Gasteiger partial charge in [0.25, 0.3) is 5.82 Å². The van der Waals surface area contributed by atoms with E-state index < -0.39 is 17.0 Å². The molecule has 0 radical (unpaired) electrons. The van der Waals surface area contributed by atoms with Crippen molar-refractivity contribution in [3.8, 4) is 0 Å². The molecule has 1 rings (SSSR count). The number of nitrogens with zero attached hydrogens (tertiary/aromatic N) is 2. The third-order valence-corrected chi connectivity index (χ3v) is 1.50. The zero-order valence-electron chi connectivity index (χ0n) is 7.68. The van der Waals surface area contributed by atoms with Gasteiger partial charge in [-0.1, -0.05) is 0 Å². The minimum atomic E-state index is -0.625. The number of carbonyl (C=O) groups excluding carboxylic acids is 1. The highest BCUT2D eigenvalue weighted by atomic mass is 16.6. The Hall–Kier alpha value is -1.92. The predicted octanol–water partition coefficient (Wildman–Crippen LogP) is 0.942. The van der Waals surface area contributed by atoms with Crippen LogP contribution in [-0.4, -0.2) is 20.9 Å². The summed E-state index contributed by atoms with van der Waals surface area (Å²) >= 11 is 0. The number of esters is 1. The summed E-state index contributed by atoms with van der Waals surface area (Å²) in [5.74, 6) is -0.498. The number of rotatable bonds is 3. The first-order valence-corrected chi connectivity index (χ1v) is 3.87. The van der Waals surface area contributed by atoms with Crippen LogP contribution >= 0.6 is 0 Å². The fraction of sp³-hybridized carbons (Fsp3) is 0.429. The fourth-order valence-corrected chi connectivity index (χ4v) is 0.933. The van der Waals surface area contributed by atoms with E-state index in [1.807, 2.05) is 0 Å². The van der Waals surface area contributed by atoms with Gasteiger partial charge in [-0.3, -0.25) is 4.79 Å². The van der Waals surface area contributed by atoms with Gasteiger partial charge in [-0.25, -0.2) is 0 Å². The molecule has 14 heavy (non-hydrogen) atoms. The van der Waals surface area contributed by atoms with Gasteiger partial charge in [0.1, 0.15) is 6.20 Å². The van der Waals surface area contributed by atoms with Crippen LogP contribution in [0.5, 0.6) is 0 Å². The molecule has 76 valence electrons. The van der Waals surface area contributed by atoms with Crippen LogP contribution < -0.4 is 0 Å². The lowest BCUT2D eigenvalue weighted by Crippen LogP contribution is -2.06. The Morgan fingerprint density at radius 3 is 2.86 bits per heavy atom. The second kappa shape index (κ2) is 3.86. The Morgan fingerprint density at radius 2 is 2.43 bits per heavy atom. The lowest BCUT2D eigenvalue weighted by molar-refractivity contribution is -0.389. The van der Waals surface area contributed by atoms with E-state index in [0.717, 1.165) is 6.20 Å². The van der Waals surface area contributed by atoms with Crippen molar-refractivity contribution in [3.63, 3.8) is 0 Å². The molecule has 1 N–H and O–H groups in total. The number of H-pyrrole nitrogens is 1. The maximum absolute atomic E-state index is 10.6. The highest BCUT2D eigenvalue weighted by Gasteiger charge is 2.20. The topological polar surface area (TPSA) is 98.1 Å². The van der Waals surface area contributed by atoms with Crippen molar-refractivity contribution < 1.29 is 14.5 Å². The van der Waals surface area contributed by atoms with E-state index in [-0.39, 0.29) is 11.6 Å². The van der Waals surface area contributed by atoms with Gasteiger partial charge in [-0.15, -0.1) is 0 Å². The van der Waals surface area contributed by atoms with Crippen molar-refractivity contribution >= 4 is 11.8 Å². The molecule has 0 saturated heterocycles. The molecule has 1 unspecified atom stereocenters. The number of hydrogen-bond acceptors (Lipinski definition) is 5. The van der Waals surface area contributed by atoms with E-state index in [0.29, 0.717) is 0 Å². The molecule has 0 spiro atoms. The molecule has 0 saturated carbocycles. The number of nitrogens with one attached hydrogen (secondary N) is 1. The molecule has 1 atom stereocenters. The standard InChI is InChI=1S/C7H9N3O4/c1-4(14-5(2)11)7-8-3-6(9-7)10(12)13/h3-4H,1-2H3,(H,8,9). The van der Waals surface area contributed by atoms with Gasteiger partial charge in [0.15, 0.2) is 6.10 Å². The van der Waals surface area contributed by atoms with Crippen LogP contribution in [0.15, 0.2) is 6.20 Å². The summed E-state index contributed by atoms with van der Waals surface area (Å²) < 4.78 is 4.77. The Kier molecular flexibility index (Phi) is 2.80. The summed E-state index contributed by atoms with van der Waals surface area (Å²) in [5.41, 5.74) is 0. The summed E-state index contributed by atoms with van der Waals surface area (Å²) in [4.78, 5) is 26.4. The number of nitro groups is 1. The van der Waals surface area contributed by atoms with E-state index in [1.54, 1.807) is 6.92 Å². The van der Waals surface area contributed by atoms with Crippen LogP contribution in [-0.2, 0) is 9.53 Å². The predicted molar refractivity (Wildman–Crippen MR) is 45.4 cm³/mol. The maximum atomic E-state index is 10.6. The molecule has 0 aromatic carbocycles. The van der Waals surface area contributed by atoms with E-state index in [1.165, 1.54) is 6.92 Å². The second-order valence-electron chi connectivity index (χ2n) is 2.65. The van der Waals surface area contributed by atoms with Gasteiger partial charge in [-0.05, 0) is 16.8 Å². The lowest BCUT2D eigenvalue weighted by atomic mass is 10.4. The molecule has 0 aliphatic heterocycles. The van der Waals surface area contributed by atoms with Gasteiger partial charge in [-0.2, -0.15) is 0 Å². The third-order valence-electron chi connectivity index (χ3n) is 1.50. The number of imidazole rings is 1. The van der Waals surface area contributed by atoms with Crippen LogP contribution in [0.1, 0.15) is 25.8 Å². The summed E-state index contributed by atoms with van der Waals surface area (Å²) in [6.45, 7) is 2.83. The second-order valence-corrected chi connectivity index (χ2v) is 2.65. The Morgan fingerprint density at radius 1 is 1.79 bits per heavy atom. The Balaban J connectivity index is 2.76. The first kappa shape index (κ1) is 10.2. The highest BCUT2D eigenvalue weighted by Crippen LogP contribution is 2.16. The molecule has 1 aromatic heterocycles. The molecule has 0 amide bonds. The fourth-order valence-electron chi connectivity index (χ4n) is 0.933. The molecule has 0 aliphatic rings. The van der Waals surface area contributed by atoms with Crippen LogP contribution in [0.2, 0.25) is 0 Å². The van der Waals surface area contributed by atoms with Gasteiger partial charge < -0.3 is 19.8 Å². The van der Waals surface area contributed by atoms with Crippen LogP contribution in [0.3, 0.4) is 0 Å². The van der Waals surface area contributed by atoms with Crippen molar-refractivity contribution in [1.29, 1.82) is 0 Å². The van der Waals surface area contributed by atoms with Crippen molar-refractivity contribution in [3.05, 3.63) is 22.1 Å². The molecule has 0 aliphatic carbocycles. The smallest absolute Gasteiger partial charge is 0.381 e. The molecule has 7 nitrogen and oxygen atoms in total. The highest BCUT2D eigenvalue weighted by molar-refractivity contribution is 5.66. The zero-order valence-corrected chi connectivity index (χ0v) is 7.68. The Labute approximate surface area is 79.2 Å². The molecule has 0 bridgehead atoms. The first-order chi connectivity index (χ1) is 6.50. The van der Waals surface area contributed by atoms with E-state index >= 15 is 0 Å². The average molecular weight is 199 g/mol. The van der Waals surface area contributed by atoms with Crippen molar-refractivity contribution in [2.24, 2.45) is 0 Å². The first-order valence-electron chi connectivity index (χ1n) is 3.87. The molecule has 1 heterocycles. The van der Waals surface area contributed by atoms with E-state index in [9.17, 15) is 14.9 Å². The average Bonchev–Trinajstić information content (AvgIpc) is 2.50. The SMILES string of the molecule is CC(=O)OC(C)c1nc([N+](=O)[O-])c[nH]1. The third kappa shape index (κ3) is 2.28. The quantitative estimate of drug-likeness (QED) is 0.443. The van der Waals surface area contributed by atoms with Crippen LogP contribution in [0, 0.1) is 10.1 Å². The van der Waals surface area contributed by atoms with Gasteiger partial charge in [0.05, 0.1) is 0 Å². The van der Waals surface area contributed by atoms with Crippen molar-refractivity contribution in [2.45, 2.75) is 20.0 Å². The largest absolute Gasteiger partial charge is 0.452 e. The summed E-state index contributed by atoms with van der Waals surface area (Å²) in [6.07, 6.45) is 0.538. The summed E-state index contributed by atoms with van der Waals surface area (Å²) in [7, 11) is 0. The molecular weight excluding hydrogens is 190 g/mol. The molecule has 7 heteroatoms. The van der Waals surface area contributed by atoms with Crippen molar-refractivity contribution in [1.82, 2.24) is 9.97 Å². The normalized spacial score (nSPS) is 12.1. The number of carbonyl (C=O) groups is 1. The minimum Gasteiger partial charge on any atom is -0.452 e. The van der Waals surface area contributed by atoms with Crippen molar-refractivity contribution in [2.75, 3.05) is 0 Å². The summed E-state index contributed by atoms with van der Waals surface area (Å²) in [5, 5.41) is 10.3. The number of hydrogen-bond donors (Lipinski definition) is 1. The number of ether oxygens (including phenoxy) is 1. The van der Waals surface area contributed by atoms with E-state index in [2.05, 4.69) is 9.97 Å². The van der Waals surface area contributed by atoms with Crippen LogP contribution in [0.4, 0.5) is 5.82 Å². The Bertz CT molecular complexity index is 360.